The van der Waals surface area contributed by atoms with Gasteiger partial charge in [0, 0.05) is 54.3 Å². The van der Waals surface area contributed by atoms with Gasteiger partial charge in [-0.1, -0.05) is 24.3 Å². The largest absolute Gasteiger partial charge is 0.505 e. The predicted molar refractivity (Wildman–Crippen MR) is 164 cm³/mol. The number of aromatic hydroxyl groups is 1. The molecule has 3 N–H and O–H groups in total. The van der Waals surface area contributed by atoms with Crippen LogP contribution in [-0.2, 0) is 13.6 Å². The minimum Gasteiger partial charge on any atom is -0.505 e. The van der Waals surface area contributed by atoms with E-state index in [9.17, 15) is 14.3 Å². The number of halogens is 1. The standard InChI is InChI=1S/C34H34FN5O3/c1-38-32-24(12-22(15-29(32)43-2)34(42)40-17-21-10-11-25(40)31(21)36)37-33(38)27-14-20-9-8-19(23-4-3-5-28(41)30(23)35)13-26(20)39(27)16-18-6-7-18/h3-5,8-9,12-15,18,21,25,31,41H,6-7,10-11,16-17,36H2,1-2H3/t21-,25-,31-/m1/s1. The molecule has 8 rings (SSSR count). The highest BCUT2D eigenvalue weighted by atomic mass is 19.1. The van der Waals surface area contributed by atoms with Crippen LogP contribution < -0.4 is 10.5 Å². The third-order valence-electron chi connectivity index (χ3n) is 9.88. The maximum Gasteiger partial charge on any atom is 0.254 e. The number of likely N-dealkylation sites (tertiary alicyclic amines) is 1. The van der Waals surface area contributed by atoms with Crippen molar-refractivity contribution in [3.63, 3.8) is 0 Å². The minimum atomic E-state index is -0.626. The van der Waals surface area contributed by atoms with Crippen molar-refractivity contribution in [2.45, 2.75) is 44.3 Å². The number of methoxy groups -OCH3 is 1. The van der Waals surface area contributed by atoms with Gasteiger partial charge in [0.2, 0.25) is 0 Å². The molecule has 0 spiro atoms. The molecule has 2 saturated carbocycles. The van der Waals surface area contributed by atoms with Crippen molar-refractivity contribution in [1.29, 1.82) is 0 Å². The molecule has 3 fully saturated rings. The van der Waals surface area contributed by atoms with E-state index in [2.05, 4.69) is 10.6 Å². The number of benzene rings is 3. The Morgan fingerprint density at radius 3 is 2.67 bits per heavy atom. The van der Waals surface area contributed by atoms with Gasteiger partial charge in [0.15, 0.2) is 17.4 Å². The maximum absolute atomic E-state index is 14.9. The maximum atomic E-state index is 14.9. The molecule has 5 aromatic rings. The highest BCUT2D eigenvalue weighted by Crippen LogP contribution is 2.41. The lowest BCUT2D eigenvalue weighted by Gasteiger charge is -2.27. The van der Waals surface area contributed by atoms with Crippen molar-refractivity contribution in [3.05, 3.63) is 66.0 Å². The number of fused-ring (bicyclic) bond motifs is 4. The fraction of sp³-hybridized carbons (Fsp3) is 0.353. The molecule has 1 saturated heterocycles. The predicted octanol–water partition coefficient (Wildman–Crippen LogP) is 5.69. The van der Waals surface area contributed by atoms with Crippen LogP contribution >= 0.6 is 0 Å². The number of carbonyl (C=O) groups excluding carboxylic acids is 1. The van der Waals surface area contributed by atoms with Gasteiger partial charge in [-0.3, -0.25) is 4.79 Å². The van der Waals surface area contributed by atoms with Crippen molar-refractivity contribution in [1.82, 2.24) is 19.0 Å². The van der Waals surface area contributed by atoms with Crippen LogP contribution in [0.4, 0.5) is 4.39 Å². The lowest BCUT2D eigenvalue weighted by Crippen LogP contribution is -2.41. The summed E-state index contributed by atoms with van der Waals surface area (Å²) in [6.45, 7) is 1.53. The number of aryl methyl sites for hydroxylation is 1. The lowest BCUT2D eigenvalue weighted by atomic mass is 10.0. The lowest BCUT2D eigenvalue weighted by molar-refractivity contribution is 0.0700. The number of aromatic nitrogens is 3. The van der Waals surface area contributed by atoms with E-state index >= 15 is 0 Å². The monoisotopic (exact) mass is 579 g/mol. The van der Waals surface area contributed by atoms with Gasteiger partial charge in [-0.15, -0.1) is 0 Å². The fourth-order valence-corrected chi connectivity index (χ4v) is 7.37. The molecule has 1 amide bonds. The van der Waals surface area contributed by atoms with Gasteiger partial charge in [0.1, 0.15) is 11.3 Å². The number of carbonyl (C=O) groups is 1. The average molecular weight is 580 g/mol. The number of phenolic OH excluding ortho intramolecular Hbond substituents is 1. The summed E-state index contributed by atoms with van der Waals surface area (Å²) in [4.78, 5) is 20.7. The normalized spacial score (nSPS) is 21.4. The Morgan fingerprint density at radius 2 is 1.95 bits per heavy atom. The summed E-state index contributed by atoms with van der Waals surface area (Å²) in [5.74, 6) is 1.30. The molecular weight excluding hydrogens is 545 g/mol. The molecule has 3 atom stereocenters. The number of piperidine rings is 1. The summed E-state index contributed by atoms with van der Waals surface area (Å²) in [6.07, 6.45) is 4.38. The first-order valence-corrected chi connectivity index (χ1v) is 15.0. The quantitative estimate of drug-likeness (QED) is 0.270. The van der Waals surface area contributed by atoms with E-state index < -0.39 is 5.82 Å². The van der Waals surface area contributed by atoms with Gasteiger partial charge >= 0.3 is 0 Å². The van der Waals surface area contributed by atoms with E-state index in [4.69, 9.17) is 15.5 Å². The summed E-state index contributed by atoms with van der Waals surface area (Å²) in [7, 11) is 3.59. The zero-order chi connectivity index (χ0) is 29.6. The third-order valence-corrected chi connectivity index (χ3v) is 9.88. The van der Waals surface area contributed by atoms with Gasteiger partial charge in [-0.2, -0.15) is 0 Å². The number of amides is 1. The molecule has 2 aliphatic carbocycles. The molecule has 2 bridgehead atoms. The fourth-order valence-electron chi connectivity index (χ4n) is 7.37. The number of rotatable bonds is 6. The van der Waals surface area contributed by atoms with E-state index in [1.807, 2.05) is 46.8 Å². The molecule has 0 unspecified atom stereocenters. The first-order chi connectivity index (χ1) is 20.8. The van der Waals surface area contributed by atoms with Crippen LogP contribution in [0.15, 0.2) is 54.6 Å². The van der Waals surface area contributed by atoms with Crippen LogP contribution in [0.25, 0.3) is 44.6 Å². The SMILES string of the molecule is COc1cc(C(=O)N2C[C@H]3CC[C@@H]2[C@@H]3N)cc2nc(-c3cc4ccc(-c5cccc(O)c5F)cc4n3CC3CC3)n(C)c12. The van der Waals surface area contributed by atoms with Crippen LogP contribution in [0.3, 0.4) is 0 Å². The van der Waals surface area contributed by atoms with Crippen LogP contribution in [0.1, 0.15) is 36.0 Å². The number of hydrogen-bond acceptors (Lipinski definition) is 5. The Bertz CT molecular complexity index is 1940. The molecule has 3 heterocycles. The van der Waals surface area contributed by atoms with E-state index in [1.165, 1.54) is 18.9 Å². The third kappa shape index (κ3) is 4.05. The van der Waals surface area contributed by atoms with E-state index in [1.54, 1.807) is 19.2 Å². The number of nitrogens with two attached hydrogens (primary N) is 1. The first-order valence-electron chi connectivity index (χ1n) is 15.0. The van der Waals surface area contributed by atoms with Crippen LogP contribution in [0.2, 0.25) is 0 Å². The first kappa shape index (κ1) is 26.3. The summed E-state index contributed by atoms with van der Waals surface area (Å²) < 4.78 is 25.0. The Morgan fingerprint density at radius 1 is 1.12 bits per heavy atom. The van der Waals surface area contributed by atoms with E-state index in [0.717, 1.165) is 47.3 Å². The average Bonchev–Trinajstić information content (AvgIpc) is 3.42. The van der Waals surface area contributed by atoms with Crippen LogP contribution in [0.5, 0.6) is 11.5 Å². The Balaban J connectivity index is 1.25. The smallest absolute Gasteiger partial charge is 0.254 e. The molecule has 1 aliphatic heterocycles. The summed E-state index contributed by atoms with van der Waals surface area (Å²) >= 11 is 0. The second kappa shape index (κ2) is 9.57. The number of imidazole rings is 1. The Hall–Kier alpha value is -4.37. The van der Waals surface area contributed by atoms with Crippen molar-refractivity contribution in [2.24, 2.45) is 24.6 Å². The van der Waals surface area contributed by atoms with Crippen molar-refractivity contribution >= 4 is 27.8 Å². The topological polar surface area (TPSA) is 98.5 Å². The molecule has 220 valence electrons. The van der Waals surface area contributed by atoms with Gasteiger partial charge < -0.3 is 29.6 Å². The zero-order valence-corrected chi connectivity index (χ0v) is 24.3. The molecule has 3 aromatic carbocycles. The van der Waals surface area contributed by atoms with Crippen molar-refractivity contribution in [2.75, 3.05) is 13.7 Å². The summed E-state index contributed by atoms with van der Waals surface area (Å²) in [5.41, 5.74) is 11.5. The van der Waals surface area contributed by atoms with Gasteiger partial charge in [0.25, 0.3) is 5.91 Å². The molecular formula is C34H34FN5O3. The number of nitrogens with zero attached hydrogens (tertiary/aromatic N) is 4. The summed E-state index contributed by atoms with van der Waals surface area (Å²) in [6, 6.07) is 16.5. The van der Waals surface area contributed by atoms with Crippen LogP contribution in [0, 0.1) is 17.7 Å². The second-order valence-corrected chi connectivity index (χ2v) is 12.5. The van der Waals surface area contributed by atoms with Gasteiger partial charge in [-0.25, -0.2) is 9.37 Å². The van der Waals surface area contributed by atoms with Crippen molar-refractivity contribution < 1.29 is 19.0 Å². The molecule has 43 heavy (non-hydrogen) atoms. The molecule has 8 nitrogen and oxygen atoms in total. The molecule has 3 aliphatic rings. The minimum absolute atomic E-state index is 0.0235. The number of ether oxygens (including phenoxy) is 1. The number of hydrogen-bond donors (Lipinski definition) is 2. The molecule has 0 radical (unpaired) electrons. The second-order valence-electron chi connectivity index (χ2n) is 12.5. The summed E-state index contributed by atoms with van der Waals surface area (Å²) in [5, 5.41) is 11.0. The van der Waals surface area contributed by atoms with E-state index in [-0.39, 0.29) is 23.7 Å². The Kier molecular flexibility index (Phi) is 5.85. The van der Waals surface area contributed by atoms with Gasteiger partial charge in [0.05, 0.1) is 18.3 Å². The van der Waals surface area contributed by atoms with Gasteiger partial charge in [-0.05, 0) is 73.4 Å². The molecule has 9 heteroatoms. The highest BCUT2D eigenvalue weighted by Gasteiger charge is 2.47. The van der Waals surface area contributed by atoms with Crippen LogP contribution in [-0.4, -0.2) is 55.8 Å². The highest BCUT2D eigenvalue weighted by molar-refractivity contribution is 6.00. The van der Waals surface area contributed by atoms with E-state index in [0.29, 0.717) is 46.3 Å². The number of phenols is 1. The Labute approximate surface area is 248 Å². The zero-order valence-electron chi connectivity index (χ0n) is 24.3. The molecule has 2 aromatic heterocycles. The van der Waals surface area contributed by atoms with Crippen molar-refractivity contribution in [3.8, 4) is 34.1 Å².